The molecule has 0 aliphatic carbocycles. The molecule has 1 fully saturated rings. The summed E-state index contributed by atoms with van der Waals surface area (Å²) in [5, 5.41) is 17.4. The molecule has 1 saturated heterocycles. The molecule has 18 heavy (non-hydrogen) atoms. The molecule has 0 spiro atoms. The van der Waals surface area contributed by atoms with Crippen molar-refractivity contribution in [3.8, 4) is 6.07 Å². The van der Waals surface area contributed by atoms with Gasteiger partial charge in [-0.05, 0) is 30.9 Å². The molecule has 0 radical (unpaired) electrons. The summed E-state index contributed by atoms with van der Waals surface area (Å²) in [7, 11) is 0. The Kier molecular flexibility index (Phi) is 3.78. The number of hydrogen-bond donors (Lipinski definition) is 1. The number of rotatable bonds is 4. The highest BCUT2D eigenvalue weighted by Crippen LogP contribution is 2.25. The largest absolute Gasteiger partial charge is 0.481 e. The smallest absolute Gasteiger partial charge is 0.303 e. The second-order valence-corrected chi connectivity index (χ2v) is 4.55. The number of hydrogen-bond acceptors (Lipinski definition) is 4. The molecule has 0 saturated carbocycles. The minimum absolute atomic E-state index is 0.235. The first kappa shape index (κ1) is 12.4. The van der Waals surface area contributed by atoms with Crippen LogP contribution in [0.1, 0.15) is 24.8 Å². The van der Waals surface area contributed by atoms with Crippen LogP contribution in [0.2, 0.25) is 0 Å². The molecule has 1 atom stereocenters. The molecule has 1 unspecified atom stereocenters. The highest BCUT2D eigenvalue weighted by atomic mass is 16.4. The Hall–Kier alpha value is -2.09. The molecule has 0 aromatic carbocycles. The molecule has 1 aliphatic rings. The predicted octanol–water partition coefficient (Wildman–Crippen LogP) is 1.64. The molecule has 5 heteroatoms. The minimum Gasteiger partial charge on any atom is -0.481 e. The van der Waals surface area contributed by atoms with Gasteiger partial charge >= 0.3 is 5.97 Å². The van der Waals surface area contributed by atoms with Crippen LogP contribution in [-0.2, 0) is 4.79 Å². The van der Waals surface area contributed by atoms with E-state index >= 15 is 0 Å². The number of nitrogens with zero attached hydrogens (tertiary/aromatic N) is 3. The number of nitriles is 1. The van der Waals surface area contributed by atoms with E-state index in [9.17, 15) is 4.79 Å². The molecular weight excluding hydrogens is 230 g/mol. The van der Waals surface area contributed by atoms with Crippen molar-refractivity contribution in [3.05, 3.63) is 23.9 Å². The highest BCUT2D eigenvalue weighted by molar-refractivity contribution is 5.66. The molecule has 0 amide bonds. The fourth-order valence-corrected chi connectivity index (χ4v) is 2.24. The average Bonchev–Trinajstić information content (AvgIpc) is 2.85. The van der Waals surface area contributed by atoms with Gasteiger partial charge in [-0.3, -0.25) is 4.79 Å². The number of carbonyl (C=O) groups is 1. The van der Waals surface area contributed by atoms with Crippen LogP contribution in [0.3, 0.4) is 0 Å². The molecule has 5 nitrogen and oxygen atoms in total. The summed E-state index contributed by atoms with van der Waals surface area (Å²) in [4.78, 5) is 16.9. The number of carboxylic acids is 1. The summed E-state index contributed by atoms with van der Waals surface area (Å²) in [6, 6.07) is 5.64. The maximum Gasteiger partial charge on any atom is 0.303 e. The fourth-order valence-electron chi connectivity index (χ4n) is 2.24. The number of aliphatic carboxylic acids is 1. The molecule has 1 aliphatic heterocycles. The van der Waals surface area contributed by atoms with Crippen molar-refractivity contribution in [2.45, 2.75) is 19.3 Å². The fraction of sp³-hybridized carbons (Fsp3) is 0.462. The second kappa shape index (κ2) is 5.50. The van der Waals surface area contributed by atoms with Crippen LogP contribution in [0.25, 0.3) is 0 Å². The van der Waals surface area contributed by atoms with Crippen molar-refractivity contribution in [3.63, 3.8) is 0 Å². The summed E-state index contributed by atoms with van der Waals surface area (Å²) in [6.07, 6.45) is 3.54. The summed E-state index contributed by atoms with van der Waals surface area (Å²) in [5.41, 5.74) is 0.556. The number of anilines is 1. The monoisotopic (exact) mass is 245 g/mol. The Morgan fingerprint density at radius 1 is 1.61 bits per heavy atom. The third-order valence-electron chi connectivity index (χ3n) is 3.25. The van der Waals surface area contributed by atoms with Gasteiger partial charge in [0.15, 0.2) is 0 Å². The summed E-state index contributed by atoms with van der Waals surface area (Å²) in [5.74, 6) is 0.565. The van der Waals surface area contributed by atoms with Crippen LogP contribution in [0, 0.1) is 17.2 Å². The normalized spacial score (nSPS) is 18.6. The van der Waals surface area contributed by atoms with E-state index in [2.05, 4.69) is 9.88 Å². The van der Waals surface area contributed by atoms with Crippen LogP contribution in [-0.4, -0.2) is 29.1 Å². The van der Waals surface area contributed by atoms with E-state index in [0.717, 1.165) is 31.7 Å². The van der Waals surface area contributed by atoms with Gasteiger partial charge in [-0.25, -0.2) is 4.98 Å². The van der Waals surface area contributed by atoms with Crippen LogP contribution in [0.4, 0.5) is 5.82 Å². The number of pyridine rings is 1. The van der Waals surface area contributed by atoms with Crippen LogP contribution >= 0.6 is 0 Å². The molecule has 94 valence electrons. The van der Waals surface area contributed by atoms with E-state index in [4.69, 9.17) is 10.4 Å². The lowest BCUT2D eigenvalue weighted by Crippen LogP contribution is -2.20. The standard InChI is InChI=1S/C13H15N3O2/c14-7-11-1-3-12(15-8-11)16-6-5-10(9-16)2-4-13(17)18/h1,3,8,10H,2,4-6,9H2,(H,17,18). The van der Waals surface area contributed by atoms with Gasteiger partial charge in [0, 0.05) is 25.7 Å². The number of aromatic nitrogens is 1. The second-order valence-electron chi connectivity index (χ2n) is 4.55. The van der Waals surface area contributed by atoms with Gasteiger partial charge in [0.2, 0.25) is 0 Å². The zero-order valence-corrected chi connectivity index (χ0v) is 10.0. The van der Waals surface area contributed by atoms with E-state index < -0.39 is 5.97 Å². The van der Waals surface area contributed by atoms with Crippen molar-refractivity contribution < 1.29 is 9.90 Å². The zero-order chi connectivity index (χ0) is 13.0. The minimum atomic E-state index is -0.732. The molecular formula is C13H15N3O2. The maximum atomic E-state index is 10.5. The Morgan fingerprint density at radius 2 is 2.44 bits per heavy atom. The van der Waals surface area contributed by atoms with E-state index in [1.54, 1.807) is 12.3 Å². The first-order chi connectivity index (χ1) is 8.69. The third-order valence-corrected chi connectivity index (χ3v) is 3.25. The number of carboxylic acid groups (broad SMARTS) is 1. The van der Waals surface area contributed by atoms with Crippen molar-refractivity contribution in [2.24, 2.45) is 5.92 Å². The van der Waals surface area contributed by atoms with Crippen LogP contribution in [0.5, 0.6) is 0 Å². The van der Waals surface area contributed by atoms with Crippen molar-refractivity contribution >= 4 is 11.8 Å². The van der Waals surface area contributed by atoms with E-state index in [0.29, 0.717) is 11.5 Å². The Morgan fingerprint density at radius 3 is 3.06 bits per heavy atom. The van der Waals surface area contributed by atoms with Crippen molar-refractivity contribution in [2.75, 3.05) is 18.0 Å². The molecule has 1 aromatic rings. The quantitative estimate of drug-likeness (QED) is 0.872. The highest BCUT2D eigenvalue weighted by Gasteiger charge is 2.23. The first-order valence-corrected chi connectivity index (χ1v) is 6.02. The molecule has 1 N–H and O–H groups in total. The van der Waals surface area contributed by atoms with Crippen LogP contribution < -0.4 is 4.90 Å². The topological polar surface area (TPSA) is 77.2 Å². The van der Waals surface area contributed by atoms with E-state index in [1.165, 1.54) is 0 Å². The Bertz CT molecular complexity index is 464. The van der Waals surface area contributed by atoms with Crippen molar-refractivity contribution in [1.82, 2.24) is 4.98 Å². The predicted molar refractivity (Wildman–Crippen MR) is 66.1 cm³/mol. The molecule has 1 aromatic heterocycles. The van der Waals surface area contributed by atoms with Gasteiger partial charge in [-0.2, -0.15) is 5.26 Å². The SMILES string of the molecule is N#Cc1ccc(N2CCC(CCC(=O)O)C2)nc1. The summed E-state index contributed by atoms with van der Waals surface area (Å²) in [6.45, 7) is 1.76. The Balaban J connectivity index is 1.91. The van der Waals surface area contributed by atoms with Gasteiger partial charge in [0.05, 0.1) is 5.56 Å². The zero-order valence-electron chi connectivity index (χ0n) is 10.0. The van der Waals surface area contributed by atoms with Crippen molar-refractivity contribution in [1.29, 1.82) is 5.26 Å². The van der Waals surface area contributed by atoms with Gasteiger partial charge in [-0.15, -0.1) is 0 Å². The van der Waals surface area contributed by atoms with Gasteiger partial charge in [0.25, 0.3) is 0 Å². The van der Waals surface area contributed by atoms with Gasteiger partial charge < -0.3 is 10.0 Å². The van der Waals surface area contributed by atoms with Gasteiger partial charge in [-0.1, -0.05) is 0 Å². The van der Waals surface area contributed by atoms with E-state index in [-0.39, 0.29) is 6.42 Å². The summed E-state index contributed by atoms with van der Waals surface area (Å²) < 4.78 is 0. The Labute approximate surface area is 106 Å². The molecule has 0 bridgehead atoms. The lowest BCUT2D eigenvalue weighted by molar-refractivity contribution is -0.137. The molecule has 2 heterocycles. The summed E-state index contributed by atoms with van der Waals surface area (Å²) >= 11 is 0. The van der Waals surface area contributed by atoms with Gasteiger partial charge in [0.1, 0.15) is 11.9 Å². The maximum absolute atomic E-state index is 10.5. The average molecular weight is 245 g/mol. The lowest BCUT2D eigenvalue weighted by atomic mass is 10.0. The van der Waals surface area contributed by atoms with E-state index in [1.807, 2.05) is 12.1 Å². The lowest BCUT2D eigenvalue weighted by Gasteiger charge is -2.17. The molecule has 2 rings (SSSR count). The third kappa shape index (κ3) is 2.98. The van der Waals surface area contributed by atoms with Crippen LogP contribution in [0.15, 0.2) is 18.3 Å². The first-order valence-electron chi connectivity index (χ1n) is 6.02.